The molecule has 7 nitrogen and oxygen atoms in total. The summed E-state index contributed by atoms with van der Waals surface area (Å²) in [5, 5.41) is 12.9. The first-order chi connectivity index (χ1) is 33.4. The van der Waals surface area contributed by atoms with Crippen molar-refractivity contribution in [2.45, 2.75) is 0 Å². The molecular weight excluding hydrogens is 1050 g/mol. The number of aromatic amines is 2. The summed E-state index contributed by atoms with van der Waals surface area (Å²) in [6.45, 7) is 0. The maximum absolute atomic E-state index is 16.1. The van der Waals surface area contributed by atoms with Gasteiger partial charge in [0.05, 0.1) is 49.8 Å². The standard InChI is InChI=1S/C44H9F20N5O2.ClH/c45-23-16(24(46)32(54)39(61)31(23)53)8-7-15-44(69(70)71)14-6-5-12(67-14)18(21-27(49)35(57)41(63)36(58)28(21)50)10-2-1-9(65-10)17(20-25(47)33(55)40(62)34(56)26(20)48)11-3-4-13(66-11)19(43(8)68-15)22-29(51)37(59)42(64)38(60)30(22)52;/h1-7,65,68H;1H. The molecule has 72 heavy (non-hydrogen) atoms. The van der Waals surface area contributed by atoms with Gasteiger partial charge in [0, 0.05) is 33.3 Å². The zero-order valence-electron chi connectivity index (χ0n) is 33.7. The lowest BCUT2D eigenvalue weighted by Gasteiger charge is -2.13. The molecule has 370 valence electrons. The first-order valence-corrected chi connectivity index (χ1v) is 18.8. The Kier molecular flexibility index (Phi) is 12.2. The number of nitrogens with one attached hydrogen (secondary N) is 2. The molecule has 8 bridgehead atoms. The minimum atomic E-state index is -2.89. The lowest BCUT2D eigenvalue weighted by molar-refractivity contribution is -0.383. The zero-order chi connectivity index (χ0) is 51.7. The summed E-state index contributed by atoms with van der Waals surface area (Å²) in [5.74, 6) is -55.3. The minimum Gasteiger partial charge on any atom is -0.354 e. The fourth-order valence-corrected chi connectivity index (χ4v) is 7.76. The van der Waals surface area contributed by atoms with Crippen LogP contribution in [0.5, 0.6) is 0 Å². The molecule has 0 saturated carbocycles. The van der Waals surface area contributed by atoms with Crippen molar-refractivity contribution in [3.8, 4) is 44.5 Å². The maximum atomic E-state index is 16.1. The summed E-state index contributed by atoms with van der Waals surface area (Å²) in [4.78, 5) is 23.2. The fraction of sp³-hybridized carbons (Fsp3) is 0. The van der Waals surface area contributed by atoms with Gasteiger partial charge in [-0.05, 0) is 42.5 Å². The smallest absolute Gasteiger partial charge is 0.318 e. The van der Waals surface area contributed by atoms with E-state index in [0.29, 0.717) is 36.4 Å². The Hall–Kier alpha value is -8.23. The highest BCUT2D eigenvalue weighted by Crippen LogP contribution is 2.46. The second-order valence-corrected chi connectivity index (χ2v) is 14.7. The van der Waals surface area contributed by atoms with E-state index in [-0.39, 0.29) is 18.5 Å². The van der Waals surface area contributed by atoms with Crippen LogP contribution in [0, 0.1) is 126 Å². The van der Waals surface area contributed by atoms with E-state index in [4.69, 9.17) is 0 Å². The van der Waals surface area contributed by atoms with Gasteiger partial charge in [-0.3, -0.25) is 10.1 Å². The molecule has 5 heterocycles. The summed E-state index contributed by atoms with van der Waals surface area (Å²) in [5.41, 5.74) is -25.8. The Morgan fingerprint density at radius 1 is 0.347 bits per heavy atom. The van der Waals surface area contributed by atoms with E-state index in [1.165, 1.54) is 0 Å². The molecule has 0 atom stereocenters. The lowest BCUT2D eigenvalue weighted by Crippen LogP contribution is -2.06. The van der Waals surface area contributed by atoms with E-state index >= 15 is 52.7 Å². The van der Waals surface area contributed by atoms with Gasteiger partial charge in [0.2, 0.25) is 23.3 Å². The van der Waals surface area contributed by atoms with Crippen LogP contribution in [0.4, 0.5) is 93.5 Å². The average molecular weight is 1060 g/mol. The van der Waals surface area contributed by atoms with Crippen LogP contribution >= 0.6 is 12.4 Å². The molecule has 3 aromatic heterocycles. The quantitative estimate of drug-likeness (QED) is 0.0589. The second-order valence-electron chi connectivity index (χ2n) is 14.7. The van der Waals surface area contributed by atoms with E-state index in [2.05, 4.69) is 15.0 Å². The number of hydrogen-bond donors (Lipinski definition) is 2. The number of nitro groups is 1. The lowest BCUT2D eigenvalue weighted by atomic mass is 9.96. The number of H-pyrrole nitrogens is 2. The van der Waals surface area contributed by atoms with E-state index < -0.39 is 216 Å². The van der Waals surface area contributed by atoms with E-state index in [9.17, 15) is 45.2 Å². The third kappa shape index (κ3) is 7.14. The van der Waals surface area contributed by atoms with Gasteiger partial charge in [-0.1, -0.05) is 0 Å². The second kappa shape index (κ2) is 17.6. The number of halogens is 21. The predicted octanol–water partition coefficient (Wildman–Crippen LogP) is 14.4. The summed E-state index contributed by atoms with van der Waals surface area (Å²) in [6, 6.07) is 1.25. The highest BCUT2D eigenvalue weighted by atomic mass is 35.5. The third-order valence-corrected chi connectivity index (χ3v) is 10.9. The molecule has 7 aromatic rings. The molecule has 0 saturated heterocycles. The molecule has 2 aliphatic rings. The number of benzene rings is 4. The van der Waals surface area contributed by atoms with E-state index in [1.807, 2.05) is 4.98 Å². The van der Waals surface area contributed by atoms with Crippen molar-refractivity contribution in [3.63, 3.8) is 0 Å². The van der Waals surface area contributed by atoms with Crippen LogP contribution in [0.15, 0.2) is 18.2 Å². The van der Waals surface area contributed by atoms with E-state index in [1.54, 1.807) is 0 Å². The molecule has 9 rings (SSSR count). The van der Waals surface area contributed by atoms with Crippen LogP contribution in [-0.4, -0.2) is 24.9 Å². The first kappa shape index (κ1) is 50.2. The summed E-state index contributed by atoms with van der Waals surface area (Å²) < 4.78 is 305. The number of aromatic nitrogens is 4. The molecule has 0 radical (unpaired) electrons. The fourth-order valence-electron chi connectivity index (χ4n) is 7.76. The van der Waals surface area contributed by atoms with Gasteiger partial charge in [-0.25, -0.2) is 97.8 Å². The Bertz CT molecular complexity index is 3770. The Labute approximate surface area is 388 Å². The minimum absolute atomic E-state index is 0. The largest absolute Gasteiger partial charge is 0.354 e. The van der Waals surface area contributed by atoms with Crippen molar-refractivity contribution in [2.75, 3.05) is 0 Å². The molecule has 0 spiro atoms. The monoisotopic (exact) mass is 1060 g/mol. The van der Waals surface area contributed by atoms with Gasteiger partial charge in [-0.15, -0.1) is 12.4 Å². The SMILES string of the molecule is Cl.O=[N+]([O-])c1c2nc(c(-c3c(F)c(F)c(F)c(F)c3F)c3ccc([nH]3)c(-c3c(F)c(F)c(F)c(F)c3F)c3nc(c(-c4c(F)c(F)c(F)c(F)c4F)c4[nH]c1cc4-c1c(F)c(F)c(F)c(F)c1F)C=C3)C=C2. The molecule has 0 amide bonds. The predicted molar refractivity (Wildman–Crippen MR) is 214 cm³/mol. The summed E-state index contributed by atoms with van der Waals surface area (Å²) >= 11 is 0. The van der Waals surface area contributed by atoms with Crippen LogP contribution in [0.3, 0.4) is 0 Å². The van der Waals surface area contributed by atoms with Crippen molar-refractivity contribution in [1.29, 1.82) is 0 Å². The maximum Gasteiger partial charge on any atom is 0.318 e. The third-order valence-electron chi connectivity index (χ3n) is 10.9. The first-order valence-electron chi connectivity index (χ1n) is 18.8. The van der Waals surface area contributed by atoms with Crippen LogP contribution in [0.25, 0.3) is 90.9 Å². The van der Waals surface area contributed by atoms with Gasteiger partial charge >= 0.3 is 5.69 Å². The van der Waals surface area contributed by atoms with Crippen LogP contribution in [0.1, 0.15) is 22.8 Å². The zero-order valence-corrected chi connectivity index (χ0v) is 34.5. The molecule has 2 aliphatic heterocycles. The highest BCUT2D eigenvalue weighted by molar-refractivity contribution is 6.03. The molecule has 2 N–H and O–H groups in total. The van der Waals surface area contributed by atoms with Gasteiger partial charge in [-0.2, -0.15) is 0 Å². The van der Waals surface area contributed by atoms with Crippen LogP contribution in [-0.2, 0) is 0 Å². The summed E-state index contributed by atoms with van der Waals surface area (Å²) in [7, 11) is 0. The van der Waals surface area contributed by atoms with Crippen molar-refractivity contribution < 1.29 is 92.7 Å². The van der Waals surface area contributed by atoms with Crippen molar-refractivity contribution in [1.82, 2.24) is 19.9 Å². The van der Waals surface area contributed by atoms with Crippen molar-refractivity contribution in [3.05, 3.63) is 167 Å². The Balaban J connectivity index is 0.00000693. The average Bonchev–Trinajstić information content (AvgIpc) is 4.19. The Morgan fingerprint density at radius 2 is 0.625 bits per heavy atom. The molecule has 28 heteroatoms. The van der Waals surface area contributed by atoms with Gasteiger partial charge < -0.3 is 9.97 Å². The normalized spacial score (nSPS) is 12.1. The van der Waals surface area contributed by atoms with Gasteiger partial charge in [0.15, 0.2) is 93.1 Å². The van der Waals surface area contributed by atoms with E-state index in [0.717, 1.165) is 0 Å². The van der Waals surface area contributed by atoms with Gasteiger partial charge in [0.1, 0.15) is 11.2 Å². The number of hydrogen-bond acceptors (Lipinski definition) is 4. The van der Waals surface area contributed by atoms with Crippen LogP contribution in [0.2, 0.25) is 0 Å². The molecule has 0 unspecified atom stereocenters. The molecule has 0 aliphatic carbocycles. The highest BCUT2D eigenvalue weighted by Gasteiger charge is 2.36. The molecule has 4 aromatic carbocycles. The van der Waals surface area contributed by atoms with Crippen molar-refractivity contribution >= 4 is 64.5 Å². The van der Waals surface area contributed by atoms with Crippen LogP contribution < -0.4 is 0 Å². The number of rotatable bonds is 5. The van der Waals surface area contributed by atoms with Gasteiger partial charge in [0.25, 0.3) is 0 Å². The topological polar surface area (TPSA) is 100 Å². The number of nitrogens with zero attached hydrogens (tertiary/aromatic N) is 3. The molecular formula is C44H10ClF20N5O2. The Morgan fingerprint density at radius 3 is 0.972 bits per heavy atom. The number of fused-ring (bicyclic) bond motifs is 8. The van der Waals surface area contributed by atoms with Crippen molar-refractivity contribution in [2.24, 2.45) is 0 Å². The summed E-state index contributed by atoms with van der Waals surface area (Å²) in [6.07, 6.45) is 1.86. The molecule has 0 fully saturated rings.